The van der Waals surface area contributed by atoms with Crippen molar-refractivity contribution in [3.05, 3.63) is 60.2 Å². The number of carbonyl (C=O) groups is 1. The highest BCUT2D eigenvalue weighted by Crippen LogP contribution is 2.24. The third-order valence-electron chi connectivity index (χ3n) is 5.39. The molecule has 1 aliphatic rings. The van der Waals surface area contributed by atoms with Crippen LogP contribution in [0.15, 0.2) is 59.8 Å². The summed E-state index contributed by atoms with van der Waals surface area (Å²) in [6.45, 7) is 0.685. The van der Waals surface area contributed by atoms with E-state index in [-0.39, 0.29) is 17.6 Å². The molecule has 1 aliphatic heterocycles. The van der Waals surface area contributed by atoms with Crippen LogP contribution in [-0.4, -0.2) is 58.2 Å². The highest BCUT2D eigenvalue weighted by molar-refractivity contribution is 7.98. The van der Waals surface area contributed by atoms with E-state index in [1.54, 1.807) is 4.68 Å². The number of amides is 1. The molecule has 9 nitrogen and oxygen atoms in total. The van der Waals surface area contributed by atoms with Crippen LogP contribution in [0.5, 0.6) is 0 Å². The molecule has 1 fully saturated rings. The average Bonchev–Trinajstić information content (AvgIpc) is 3.29. The van der Waals surface area contributed by atoms with Crippen LogP contribution in [0.2, 0.25) is 0 Å². The minimum atomic E-state index is -3.40. The quantitative estimate of drug-likeness (QED) is 0.526. The van der Waals surface area contributed by atoms with Crippen molar-refractivity contribution in [1.29, 1.82) is 0 Å². The fourth-order valence-electron chi connectivity index (χ4n) is 3.70. The standard InChI is InChI=1S/C21H24N6O3S2/c1-31-21-23-24-25-27(21)19-9-5-8-18(14-19)22-20(28)17-10-12-26(13-11-17)32(29,30)15-16-6-3-2-4-7-16/h2-9,14,17H,10-13,15H2,1H3,(H,22,28). The fraction of sp³-hybridized carbons (Fsp3) is 0.333. The van der Waals surface area contributed by atoms with Gasteiger partial charge in [0.15, 0.2) is 0 Å². The van der Waals surface area contributed by atoms with Crippen LogP contribution >= 0.6 is 11.8 Å². The van der Waals surface area contributed by atoms with Crippen molar-refractivity contribution in [2.45, 2.75) is 23.8 Å². The Kier molecular flexibility index (Phi) is 6.87. The molecule has 3 aromatic rings. The summed E-state index contributed by atoms with van der Waals surface area (Å²) in [5.74, 6) is -0.368. The van der Waals surface area contributed by atoms with E-state index in [9.17, 15) is 13.2 Å². The molecular weight excluding hydrogens is 448 g/mol. The second-order valence-corrected chi connectivity index (χ2v) is 10.3. The SMILES string of the molecule is CSc1nnnn1-c1cccc(NC(=O)C2CCN(S(=O)(=O)Cc3ccccc3)CC2)c1. The molecule has 4 rings (SSSR count). The summed E-state index contributed by atoms with van der Waals surface area (Å²) in [7, 11) is -3.40. The van der Waals surface area contributed by atoms with Crippen molar-refractivity contribution in [2.24, 2.45) is 5.92 Å². The van der Waals surface area contributed by atoms with Crippen molar-refractivity contribution < 1.29 is 13.2 Å². The molecule has 0 aliphatic carbocycles. The van der Waals surface area contributed by atoms with Gasteiger partial charge >= 0.3 is 0 Å². The van der Waals surface area contributed by atoms with Crippen molar-refractivity contribution in [3.8, 4) is 5.69 Å². The second-order valence-electron chi connectivity index (χ2n) is 7.53. The second kappa shape index (κ2) is 9.80. The van der Waals surface area contributed by atoms with Crippen molar-refractivity contribution in [1.82, 2.24) is 24.5 Å². The predicted octanol–water partition coefficient (Wildman–Crippen LogP) is 2.56. The van der Waals surface area contributed by atoms with E-state index in [0.29, 0.717) is 36.8 Å². The number of thioether (sulfide) groups is 1. The van der Waals surface area contributed by atoms with Gasteiger partial charge in [0, 0.05) is 24.7 Å². The van der Waals surface area contributed by atoms with Gasteiger partial charge < -0.3 is 5.32 Å². The number of aromatic nitrogens is 4. The summed E-state index contributed by atoms with van der Waals surface area (Å²) in [4.78, 5) is 12.8. The van der Waals surface area contributed by atoms with Gasteiger partial charge in [-0.25, -0.2) is 12.7 Å². The number of anilines is 1. The third-order valence-corrected chi connectivity index (χ3v) is 7.86. The Hall–Kier alpha value is -2.76. The molecule has 0 bridgehead atoms. The smallest absolute Gasteiger partial charge is 0.227 e. The topological polar surface area (TPSA) is 110 Å². The summed E-state index contributed by atoms with van der Waals surface area (Å²) >= 11 is 1.43. The molecule has 2 aromatic carbocycles. The molecule has 2 heterocycles. The lowest BCUT2D eigenvalue weighted by Gasteiger charge is -2.30. The number of nitrogens with zero attached hydrogens (tertiary/aromatic N) is 5. The first-order valence-corrected chi connectivity index (χ1v) is 13.0. The molecule has 0 spiro atoms. The van der Waals surface area contributed by atoms with E-state index in [4.69, 9.17) is 0 Å². The first-order chi connectivity index (χ1) is 15.5. The minimum absolute atomic E-state index is 0.0212. The lowest BCUT2D eigenvalue weighted by atomic mass is 9.97. The van der Waals surface area contributed by atoms with Crippen molar-refractivity contribution in [2.75, 3.05) is 24.7 Å². The Balaban J connectivity index is 1.35. The number of nitrogens with one attached hydrogen (secondary N) is 1. The zero-order valence-corrected chi connectivity index (χ0v) is 19.2. The molecule has 1 saturated heterocycles. The molecule has 32 heavy (non-hydrogen) atoms. The Bertz CT molecular complexity index is 1180. The number of hydrogen-bond donors (Lipinski definition) is 1. The highest BCUT2D eigenvalue weighted by atomic mass is 32.2. The highest BCUT2D eigenvalue weighted by Gasteiger charge is 2.31. The van der Waals surface area contributed by atoms with Gasteiger partial charge in [-0.3, -0.25) is 4.79 Å². The summed E-state index contributed by atoms with van der Waals surface area (Å²) in [6.07, 6.45) is 2.87. The Labute approximate surface area is 191 Å². The molecular formula is C21H24N6O3S2. The molecule has 1 N–H and O–H groups in total. The van der Waals surface area contributed by atoms with Gasteiger partial charge in [0.1, 0.15) is 0 Å². The summed E-state index contributed by atoms with van der Waals surface area (Å²) < 4.78 is 28.6. The molecule has 1 amide bonds. The minimum Gasteiger partial charge on any atom is -0.326 e. The summed E-state index contributed by atoms with van der Waals surface area (Å²) in [5.41, 5.74) is 2.16. The summed E-state index contributed by atoms with van der Waals surface area (Å²) in [6, 6.07) is 16.5. The largest absolute Gasteiger partial charge is 0.326 e. The number of piperidine rings is 1. The van der Waals surface area contributed by atoms with Crippen LogP contribution in [0.3, 0.4) is 0 Å². The van der Waals surface area contributed by atoms with Crippen LogP contribution in [0.4, 0.5) is 5.69 Å². The molecule has 1 aromatic heterocycles. The monoisotopic (exact) mass is 472 g/mol. The van der Waals surface area contributed by atoms with Gasteiger partial charge in [-0.05, 0) is 53.3 Å². The molecule has 11 heteroatoms. The summed E-state index contributed by atoms with van der Waals surface area (Å²) in [5, 5.41) is 15.2. The van der Waals surface area contributed by atoms with Crippen LogP contribution in [0.1, 0.15) is 18.4 Å². The maximum atomic E-state index is 12.8. The van der Waals surface area contributed by atoms with E-state index in [2.05, 4.69) is 20.8 Å². The first-order valence-electron chi connectivity index (χ1n) is 10.2. The van der Waals surface area contributed by atoms with Crippen LogP contribution in [0.25, 0.3) is 5.69 Å². The van der Waals surface area contributed by atoms with Crippen molar-refractivity contribution >= 4 is 33.4 Å². The molecule has 0 radical (unpaired) electrons. The predicted molar refractivity (Wildman–Crippen MR) is 123 cm³/mol. The molecule has 168 valence electrons. The van der Waals surface area contributed by atoms with Crippen LogP contribution in [0, 0.1) is 5.92 Å². The number of rotatable bonds is 7. The normalized spacial score (nSPS) is 15.5. The van der Waals surface area contributed by atoms with E-state index >= 15 is 0 Å². The van der Waals surface area contributed by atoms with E-state index in [1.807, 2.05) is 60.9 Å². The molecule has 0 atom stereocenters. The van der Waals surface area contributed by atoms with E-state index in [1.165, 1.54) is 16.1 Å². The molecule has 0 saturated carbocycles. The van der Waals surface area contributed by atoms with Gasteiger partial charge in [0.2, 0.25) is 21.1 Å². The van der Waals surface area contributed by atoms with Gasteiger partial charge in [0.05, 0.1) is 11.4 Å². The Morgan fingerprint density at radius 3 is 2.59 bits per heavy atom. The zero-order chi connectivity index (χ0) is 22.6. The number of carbonyl (C=O) groups excluding carboxylic acids is 1. The van der Waals surface area contributed by atoms with Gasteiger partial charge in [-0.1, -0.05) is 48.2 Å². The Morgan fingerprint density at radius 1 is 1.12 bits per heavy atom. The van der Waals surface area contributed by atoms with Gasteiger partial charge in [-0.2, -0.15) is 4.68 Å². The lowest BCUT2D eigenvalue weighted by Crippen LogP contribution is -2.41. The zero-order valence-electron chi connectivity index (χ0n) is 17.6. The number of hydrogen-bond acceptors (Lipinski definition) is 7. The Morgan fingerprint density at radius 2 is 1.88 bits per heavy atom. The lowest BCUT2D eigenvalue weighted by molar-refractivity contribution is -0.120. The van der Waals surface area contributed by atoms with Crippen molar-refractivity contribution in [3.63, 3.8) is 0 Å². The number of sulfonamides is 1. The maximum Gasteiger partial charge on any atom is 0.227 e. The van der Waals surface area contributed by atoms with Crippen LogP contribution < -0.4 is 5.32 Å². The average molecular weight is 473 g/mol. The van der Waals surface area contributed by atoms with Crippen LogP contribution in [-0.2, 0) is 20.6 Å². The fourth-order valence-corrected chi connectivity index (χ4v) is 5.70. The van der Waals surface area contributed by atoms with E-state index in [0.717, 1.165) is 11.3 Å². The maximum absolute atomic E-state index is 12.8. The number of tetrazole rings is 1. The van der Waals surface area contributed by atoms with Gasteiger partial charge in [0.25, 0.3) is 0 Å². The van der Waals surface area contributed by atoms with E-state index < -0.39 is 10.0 Å². The third kappa shape index (κ3) is 5.17. The first kappa shape index (κ1) is 22.4. The number of benzene rings is 2. The molecule has 0 unspecified atom stereocenters. The van der Waals surface area contributed by atoms with Gasteiger partial charge in [-0.15, -0.1) is 5.10 Å².